The van der Waals surface area contributed by atoms with Crippen LogP contribution >= 0.6 is 0 Å². The van der Waals surface area contributed by atoms with Gasteiger partial charge in [-0.05, 0) is 62.6 Å². The first kappa shape index (κ1) is 23.8. The summed E-state index contributed by atoms with van der Waals surface area (Å²) in [5.74, 6) is 1.65. The van der Waals surface area contributed by atoms with Gasteiger partial charge in [0, 0.05) is 30.2 Å². The minimum absolute atomic E-state index is 0.118. The zero-order valence-electron chi connectivity index (χ0n) is 19.2. The van der Waals surface area contributed by atoms with Gasteiger partial charge < -0.3 is 20.0 Å². The highest BCUT2D eigenvalue weighted by Crippen LogP contribution is 2.24. The molecule has 0 spiro atoms. The van der Waals surface area contributed by atoms with Gasteiger partial charge in [0.05, 0.1) is 12.3 Å². The topological polar surface area (TPSA) is 111 Å². The standard InChI is InChI=1S/C26H29N3O4/c1-4-13-28-25(27)20-6-5-7-21(16-20)26-29-23(18(3)33-26)12-14-32-22-10-8-19(17(2)15-22)9-11-24(30)31/h4-8,10,13,15-16H,9,11-12,14H2,1-3H3,(H2,27,28)(H,30,31)/b13-4-. The van der Waals surface area contributed by atoms with E-state index in [-0.39, 0.29) is 6.42 Å². The maximum absolute atomic E-state index is 10.8. The van der Waals surface area contributed by atoms with Crippen LogP contribution in [0.2, 0.25) is 0 Å². The van der Waals surface area contributed by atoms with E-state index in [9.17, 15) is 4.79 Å². The second-order valence-electron chi connectivity index (χ2n) is 7.68. The molecule has 0 aliphatic carbocycles. The van der Waals surface area contributed by atoms with Crippen LogP contribution in [0.15, 0.2) is 64.2 Å². The first-order valence-corrected chi connectivity index (χ1v) is 10.8. The van der Waals surface area contributed by atoms with Crippen LogP contribution in [0.3, 0.4) is 0 Å². The van der Waals surface area contributed by atoms with E-state index in [1.807, 2.05) is 69.3 Å². The van der Waals surface area contributed by atoms with Gasteiger partial charge in [-0.15, -0.1) is 0 Å². The Bertz CT molecular complexity index is 1180. The third-order valence-corrected chi connectivity index (χ3v) is 5.19. The molecule has 0 saturated carbocycles. The normalized spacial score (nSPS) is 11.8. The maximum atomic E-state index is 10.8. The fraction of sp³-hybridized carbons (Fsp3) is 0.269. The van der Waals surface area contributed by atoms with E-state index in [0.29, 0.717) is 31.2 Å². The van der Waals surface area contributed by atoms with Crippen molar-refractivity contribution in [2.45, 2.75) is 40.0 Å². The second-order valence-corrected chi connectivity index (χ2v) is 7.68. The fourth-order valence-electron chi connectivity index (χ4n) is 3.37. The number of carboxylic acid groups (broad SMARTS) is 1. The van der Waals surface area contributed by atoms with E-state index in [1.165, 1.54) is 0 Å². The number of nitrogens with zero attached hydrogens (tertiary/aromatic N) is 2. The molecule has 0 amide bonds. The molecule has 0 radical (unpaired) electrons. The molecule has 0 fully saturated rings. The zero-order chi connectivity index (χ0) is 23.8. The summed E-state index contributed by atoms with van der Waals surface area (Å²) in [6.07, 6.45) is 4.70. The Kier molecular flexibility index (Phi) is 8.02. The number of oxazole rings is 1. The molecule has 1 heterocycles. The summed E-state index contributed by atoms with van der Waals surface area (Å²) in [5.41, 5.74) is 10.5. The average Bonchev–Trinajstić information content (AvgIpc) is 3.17. The largest absolute Gasteiger partial charge is 0.493 e. The number of hydrogen-bond donors (Lipinski definition) is 2. The molecule has 2 aromatic carbocycles. The molecular weight excluding hydrogens is 418 g/mol. The summed E-state index contributed by atoms with van der Waals surface area (Å²) < 4.78 is 11.8. The van der Waals surface area contributed by atoms with Crippen molar-refractivity contribution in [3.63, 3.8) is 0 Å². The van der Waals surface area contributed by atoms with Gasteiger partial charge >= 0.3 is 5.97 Å². The van der Waals surface area contributed by atoms with Crippen LogP contribution in [-0.2, 0) is 17.6 Å². The van der Waals surface area contributed by atoms with Gasteiger partial charge in [0.1, 0.15) is 17.3 Å². The van der Waals surface area contributed by atoms with Crippen LogP contribution < -0.4 is 10.5 Å². The van der Waals surface area contributed by atoms with Crippen molar-refractivity contribution in [3.05, 3.63) is 82.9 Å². The van der Waals surface area contributed by atoms with Gasteiger partial charge in [-0.25, -0.2) is 9.98 Å². The number of amidine groups is 1. The lowest BCUT2D eigenvalue weighted by atomic mass is 10.0. The lowest BCUT2D eigenvalue weighted by Gasteiger charge is -2.09. The zero-order valence-corrected chi connectivity index (χ0v) is 19.2. The third kappa shape index (κ3) is 6.55. The number of aryl methyl sites for hydroxylation is 3. The van der Waals surface area contributed by atoms with E-state index in [0.717, 1.165) is 39.5 Å². The van der Waals surface area contributed by atoms with Crippen LogP contribution in [0, 0.1) is 13.8 Å². The summed E-state index contributed by atoms with van der Waals surface area (Å²) >= 11 is 0. The van der Waals surface area contributed by atoms with Crippen molar-refractivity contribution in [1.82, 2.24) is 4.98 Å². The van der Waals surface area contributed by atoms with Gasteiger partial charge in [-0.2, -0.15) is 0 Å². The lowest BCUT2D eigenvalue weighted by molar-refractivity contribution is -0.136. The Balaban J connectivity index is 1.64. The molecule has 33 heavy (non-hydrogen) atoms. The van der Waals surface area contributed by atoms with Gasteiger partial charge in [0.15, 0.2) is 0 Å². The molecule has 0 aliphatic heterocycles. The quantitative estimate of drug-likeness (QED) is 0.340. The molecule has 7 heteroatoms. The van der Waals surface area contributed by atoms with E-state index in [4.69, 9.17) is 20.0 Å². The number of aliphatic imine (C=N–C) groups is 1. The summed E-state index contributed by atoms with van der Waals surface area (Å²) in [5, 5.41) is 8.86. The number of allylic oxidation sites excluding steroid dienone is 1. The molecule has 0 atom stereocenters. The summed E-state index contributed by atoms with van der Waals surface area (Å²) in [6.45, 7) is 6.18. The fourth-order valence-corrected chi connectivity index (χ4v) is 3.37. The van der Waals surface area contributed by atoms with Crippen molar-refractivity contribution in [3.8, 4) is 17.2 Å². The van der Waals surface area contributed by atoms with Crippen molar-refractivity contribution >= 4 is 11.8 Å². The number of benzene rings is 2. The summed E-state index contributed by atoms with van der Waals surface area (Å²) in [6, 6.07) is 13.3. The molecule has 0 unspecified atom stereocenters. The number of rotatable bonds is 10. The maximum Gasteiger partial charge on any atom is 0.303 e. The Labute approximate surface area is 193 Å². The second kappa shape index (κ2) is 11.1. The highest BCUT2D eigenvalue weighted by atomic mass is 16.5. The van der Waals surface area contributed by atoms with Crippen LogP contribution in [0.1, 0.15) is 41.5 Å². The van der Waals surface area contributed by atoms with Crippen molar-refractivity contribution in [1.29, 1.82) is 0 Å². The minimum atomic E-state index is -0.797. The molecule has 3 rings (SSSR count). The van der Waals surface area contributed by atoms with Crippen molar-refractivity contribution in [2.75, 3.05) is 6.61 Å². The molecule has 172 valence electrons. The van der Waals surface area contributed by atoms with E-state index < -0.39 is 5.97 Å². The monoisotopic (exact) mass is 447 g/mol. The summed E-state index contributed by atoms with van der Waals surface area (Å²) in [4.78, 5) is 19.6. The van der Waals surface area contributed by atoms with Crippen LogP contribution in [0.25, 0.3) is 11.5 Å². The highest BCUT2D eigenvalue weighted by molar-refractivity contribution is 5.98. The van der Waals surface area contributed by atoms with E-state index in [2.05, 4.69) is 9.98 Å². The molecule has 0 saturated heterocycles. The van der Waals surface area contributed by atoms with Crippen molar-refractivity contribution < 1.29 is 19.1 Å². The van der Waals surface area contributed by atoms with Gasteiger partial charge in [-0.1, -0.05) is 24.3 Å². The van der Waals surface area contributed by atoms with Gasteiger partial charge in [0.2, 0.25) is 5.89 Å². The van der Waals surface area contributed by atoms with Gasteiger partial charge in [-0.3, -0.25) is 4.79 Å². The van der Waals surface area contributed by atoms with Crippen LogP contribution in [0.5, 0.6) is 5.75 Å². The predicted octanol–water partition coefficient (Wildman–Crippen LogP) is 4.84. The number of aliphatic carboxylic acids is 1. The molecule has 0 bridgehead atoms. The van der Waals surface area contributed by atoms with Crippen LogP contribution in [-0.4, -0.2) is 28.5 Å². The van der Waals surface area contributed by atoms with Gasteiger partial charge in [0.25, 0.3) is 0 Å². The molecule has 3 aromatic rings. The molecule has 3 N–H and O–H groups in total. The number of aromatic nitrogens is 1. The minimum Gasteiger partial charge on any atom is -0.493 e. The number of ether oxygens (including phenoxy) is 1. The summed E-state index contributed by atoms with van der Waals surface area (Å²) in [7, 11) is 0. The number of carboxylic acids is 1. The molecule has 0 aliphatic rings. The van der Waals surface area contributed by atoms with E-state index >= 15 is 0 Å². The smallest absolute Gasteiger partial charge is 0.303 e. The Morgan fingerprint density at radius 3 is 2.76 bits per heavy atom. The molecule has 7 nitrogen and oxygen atoms in total. The first-order valence-electron chi connectivity index (χ1n) is 10.8. The molecule has 1 aromatic heterocycles. The Hall–Kier alpha value is -3.87. The Morgan fingerprint density at radius 2 is 2.03 bits per heavy atom. The SMILES string of the molecule is C/C=C\N=C(N)c1cccc(-c2nc(CCOc3ccc(CCC(=O)O)c(C)c3)c(C)o2)c1. The Morgan fingerprint density at radius 1 is 1.21 bits per heavy atom. The van der Waals surface area contributed by atoms with Crippen LogP contribution in [0.4, 0.5) is 0 Å². The highest BCUT2D eigenvalue weighted by Gasteiger charge is 2.13. The number of carbonyl (C=O) groups is 1. The van der Waals surface area contributed by atoms with E-state index in [1.54, 1.807) is 6.20 Å². The first-order chi connectivity index (χ1) is 15.9. The third-order valence-electron chi connectivity index (χ3n) is 5.19. The average molecular weight is 448 g/mol. The number of nitrogens with two attached hydrogens (primary N) is 1. The lowest BCUT2D eigenvalue weighted by Crippen LogP contribution is -2.12. The number of hydrogen-bond acceptors (Lipinski definition) is 5. The predicted molar refractivity (Wildman–Crippen MR) is 129 cm³/mol. The molecular formula is C26H29N3O4. The van der Waals surface area contributed by atoms with Crippen molar-refractivity contribution in [2.24, 2.45) is 10.7 Å².